The van der Waals surface area contributed by atoms with Crippen LogP contribution < -0.4 is 20.3 Å². The SMILES string of the molecule is Cc1nc(NC2CC(COc3ccc(F)nc3)C2)nc2c1NC(=O)C(C(C)C)N2C. The quantitative estimate of drug-likeness (QED) is 0.702. The van der Waals surface area contributed by atoms with Gasteiger partial charge in [-0.1, -0.05) is 13.8 Å². The van der Waals surface area contributed by atoms with Gasteiger partial charge in [0.25, 0.3) is 0 Å². The van der Waals surface area contributed by atoms with E-state index in [4.69, 9.17) is 4.74 Å². The minimum absolute atomic E-state index is 0.0226. The van der Waals surface area contributed by atoms with Crippen molar-refractivity contribution in [1.82, 2.24) is 15.0 Å². The Morgan fingerprint density at radius 1 is 1.33 bits per heavy atom. The van der Waals surface area contributed by atoms with Crippen molar-refractivity contribution in [2.24, 2.45) is 11.8 Å². The summed E-state index contributed by atoms with van der Waals surface area (Å²) in [4.78, 5) is 27.2. The molecule has 30 heavy (non-hydrogen) atoms. The lowest BCUT2D eigenvalue weighted by Gasteiger charge is -2.38. The number of halogens is 1. The molecule has 0 spiro atoms. The van der Waals surface area contributed by atoms with Crippen molar-refractivity contribution in [3.05, 3.63) is 30.0 Å². The Morgan fingerprint density at radius 3 is 2.77 bits per heavy atom. The molecule has 0 radical (unpaired) electrons. The second kappa shape index (κ2) is 8.04. The molecule has 2 aromatic heterocycles. The monoisotopic (exact) mass is 414 g/mol. The molecule has 2 N–H and O–H groups in total. The molecular formula is C21H27FN6O2. The average Bonchev–Trinajstić information content (AvgIpc) is 2.65. The van der Waals surface area contributed by atoms with Gasteiger partial charge in [0.1, 0.15) is 17.5 Å². The van der Waals surface area contributed by atoms with Gasteiger partial charge >= 0.3 is 0 Å². The third-order valence-electron chi connectivity index (χ3n) is 5.73. The zero-order valence-corrected chi connectivity index (χ0v) is 17.6. The standard InChI is InChI=1S/C21H27FN6O2/c1-11(2)18-20(29)26-17-12(3)24-21(27-19(17)28(18)4)25-14-7-13(8-14)10-30-15-5-6-16(22)23-9-15/h5-6,9,11,13-14,18H,7-8,10H2,1-4H3,(H,26,29)(H,24,25,27). The first-order valence-corrected chi connectivity index (χ1v) is 10.2. The van der Waals surface area contributed by atoms with E-state index >= 15 is 0 Å². The van der Waals surface area contributed by atoms with Crippen molar-refractivity contribution in [1.29, 1.82) is 0 Å². The van der Waals surface area contributed by atoms with Crippen LogP contribution in [0.15, 0.2) is 18.3 Å². The highest BCUT2D eigenvalue weighted by Gasteiger charge is 2.36. The number of carbonyl (C=O) groups is 1. The first kappa shape index (κ1) is 20.3. The number of nitrogens with zero attached hydrogens (tertiary/aromatic N) is 4. The van der Waals surface area contributed by atoms with E-state index < -0.39 is 5.95 Å². The maximum atomic E-state index is 12.8. The van der Waals surface area contributed by atoms with Crippen LogP contribution in [0.4, 0.5) is 21.8 Å². The normalized spacial score (nSPS) is 22.9. The molecule has 3 heterocycles. The summed E-state index contributed by atoms with van der Waals surface area (Å²) in [6, 6.07) is 2.89. The highest BCUT2D eigenvalue weighted by atomic mass is 19.1. The molecule has 2 aromatic rings. The van der Waals surface area contributed by atoms with Crippen molar-refractivity contribution in [3.63, 3.8) is 0 Å². The Bertz CT molecular complexity index is 930. The Balaban J connectivity index is 1.36. The summed E-state index contributed by atoms with van der Waals surface area (Å²) in [6.45, 7) is 6.50. The first-order chi connectivity index (χ1) is 14.3. The third-order valence-corrected chi connectivity index (χ3v) is 5.73. The predicted molar refractivity (Wildman–Crippen MR) is 112 cm³/mol. The lowest BCUT2D eigenvalue weighted by molar-refractivity contribution is -0.118. The van der Waals surface area contributed by atoms with Gasteiger partial charge in [0.05, 0.1) is 18.5 Å². The van der Waals surface area contributed by atoms with Gasteiger partial charge in [-0.05, 0) is 43.7 Å². The van der Waals surface area contributed by atoms with Gasteiger partial charge in [0, 0.05) is 13.1 Å². The van der Waals surface area contributed by atoms with Gasteiger partial charge in [-0.3, -0.25) is 4.79 Å². The highest BCUT2D eigenvalue weighted by molar-refractivity contribution is 6.03. The molecule has 8 nitrogen and oxygen atoms in total. The number of fused-ring (bicyclic) bond motifs is 1. The summed E-state index contributed by atoms with van der Waals surface area (Å²) in [5.74, 6) is 1.93. The number of hydrogen-bond donors (Lipinski definition) is 2. The lowest BCUT2D eigenvalue weighted by Crippen LogP contribution is -2.50. The Hall–Kier alpha value is -2.97. The molecule has 160 valence electrons. The number of ether oxygens (including phenoxy) is 1. The summed E-state index contributed by atoms with van der Waals surface area (Å²) in [5, 5.41) is 6.36. The Morgan fingerprint density at radius 2 is 2.10 bits per heavy atom. The summed E-state index contributed by atoms with van der Waals surface area (Å²) in [6.07, 6.45) is 3.28. The second-order valence-corrected chi connectivity index (χ2v) is 8.43. The van der Waals surface area contributed by atoms with Gasteiger partial charge < -0.3 is 20.3 Å². The molecule has 2 aliphatic rings. The number of pyridine rings is 1. The van der Waals surface area contributed by atoms with Crippen LogP contribution in [0.25, 0.3) is 0 Å². The van der Waals surface area contributed by atoms with Crippen molar-refractivity contribution >= 4 is 23.4 Å². The molecule has 0 bridgehead atoms. The fraction of sp³-hybridized carbons (Fsp3) is 0.524. The van der Waals surface area contributed by atoms with Crippen molar-refractivity contribution < 1.29 is 13.9 Å². The van der Waals surface area contributed by atoms with E-state index in [2.05, 4.69) is 25.6 Å². The molecule has 1 saturated carbocycles. The number of amides is 1. The molecule has 1 amide bonds. The highest BCUT2D eigenvalue weighted by Crippen LogP contribution is 2.35. The first-order valence-electron chi connectivity index (χ1n) is 10.2. The van der Waals surface area contributed by atoms with E-state index in [1.807, 2.05) is 32.7 Å². The predicted octanol–water partition coefficient (Wildman–Crippen LogP) is 3.00. The summed E-state index contributed by atoms with van der Waals surface area (Å²) >= 11 is 0. The van der Waals surface area contributed by atoms with Crippen molar-refractivity contribution in [3.8, 4) is 5.75 Å². The van der Waals surface area contributed by atoms with E-state index in [0.717, 1.165) is 24.4 Å². The largest absolute Gasteiger partial charge is 0.492 e. The molecule has 1 aliphatic carbocycles. The van der Waals surface area contributed by atoms with Gasteiger partial charge in [-0.25, -0.2) is 9.97 Å². The zero-order valence-electron chi connectivity index (χ0n) is 17.6. The Labute approximate surface area is 175 Å². The van der Waals surface area contributed by atoms with E-state index in [-0.39, 0.29) is 23.9 Å². The van der Waals surface area contributed by atoms with E-state index in [1.54, 1.807) is 6.07 Å². The summed E-state index contributed by atoms with van der Waals surface area (Å²) < 4.78 is 18.5. The molecule has 1 aliphatic heterocycles. The Kier molecular flexibility index (Phi) is 5.44. The van der Waals surface area contributed by atoms with E-state index in [0.29, 0.717) is 29.9 Å². The summed E-state index contributed by atoms with van der Waals surface area (Å²) in [7, 11) is 1.90. The molecule has 0 saturated heterocycles. The van der Waals surface area contributed by atoms with Crippen molar-refractivity contribution in [2.75, 3.05) is 29.2 Å². The second-order valence-electron chi connectivity index (χ2n) is 8.43. The molecule has 0 aromatic carbocycles. The minimum Gasteiger partial charge on any atom is -0.492 e. The minimum atomic E-state index is -0.513. The molecule has 1 atom stereocenters. The number of carbonyl (C=O) groups excluding carboxylic acids is 1. The van der Waals surface area contributed by atoms with Gasteiger partial charge in [0.2, 0.25) is 17.8 Å². The lowest BCUT2D eigenvalue weighted by atomic mass is 9.81. The van der Waals surface area contributed by atoms with Gasteiger partial charge in [0.15, 0.2) is 5.82 Å². The van der Waals surface area contributed by atoms with Crippen LogP contribution in [-0.2, 0) is 4.79 Å². The molecule has 1 unspecified atom stereocenters. The van der Waals surface area contributed by atoms with E-state index in [9.17, 15) is 9.18 Å². The molecule has 1 fully saturated rings. The van der Waals surface area contributed by atoms with Crippen LogP contribution in [0.5, 0.6) is 5.75 Å². The number of aryl methyl sites for hydroxylation is 1. The topological polar surface area (TPSA) is 92.3 Å². The number of aromatic nitrogens is 3. The number of likely N-dealkylation sites (N-methyl/N-ethyl adjacent to an activating group) is 1. The van der Waals surface area contributed by atoms with Gasteiger partial charge in [-0.2, -0.15) is 9.37 Å². The maximum Gasteiger partial charge on any atom is 0.247 e. The number of nitrogens with one attached hydrogen (secondary N) is 2. The zero-order chi connectivity index (χ0) is 21.4. The average molecular weight is 414 g/mol. The smallest absolute Gasteiger partial charge is 0.247 e. The van der Waals surface area contributed by atoms with Crippen molar-refractivity contribution in [2.45, 2.75) is 45.7 Å². The third kappa shape index (κ3) is 4.01. The van der Waals surface area contributed by atoms with Crippen LogP contribution >= 0.6 is 0 Å². The number of anilines is 3. The fourth-order valence-corrected chi connectivity index (χ4v) is 4.11. The van der Waals surface area contributed by atoms with Crippen LogP contribution in [0, 0.1) is 24.7 Å². The maximum absolute atomic E-state index is 12.8. The summed E-state index contributed by atoms with van der Waals surface area (Å²) in [5.41, 5.74) is 1.42. The van der Waals surface area contributed by atoms with Crippen LogP contribution in [0.3, 0.4) is 0 Å². The molecular weight excluding hydrogens is 387 g/mol. The van der Waals surface area contributed by atoms with Gasteiger partial charge in [-0.15, -0.1) is 0 Å². The van der Waals surface area contributed by atoms with Crippen LogP contribution in [-0.4, -0.2) is 46.6 Å². The molecule has 9 heteroatoms. The number of rotatable bonds is 6. The fourth-order valence-electron chi connectivity index (χ4n) is 4.11. The van der Waals surface area contributed by atoms with Crippen LogP contribution in [0.1, 0.15) is 32.4 Å². The number of hydrogen-bond acceptors (Lipinski definition) is 7. The van der Waals surface area contributed by atoms with Crippen LogP contribution in [0.2, 0.25) is 0 Å². The van der Waals surface area contributed by atoms with E-state index in [1.165, 1.54) is 12.3 Å². The molecule has 4 rings (SSSR count).